The lowest BCUT2D eigenvalue weighted by Crippen LogP contribution is -2.46. The molecule has 0 bridgehead atoms. The maximum atomic E-state index is 13.8. The normalized spacial score (nSPS) is 19.5. The van der Waals surface area contributed by atoms with Crippen LogP contribution >= 0.6 is 11.3 Å². The molecule has 0 radical (unpaired) electrons. The number of piperidine rings is 1. The first-order valence-electron chi connectivity index (χ1n) is 8.18. The molecule has 3 rings (SSSR count). The average Bonchev–Trinajstić information content (AvgIpc) is 3.01. The van der Waals surface area contributed by atoms with Crippen LogP contribution in [0.3, 0.4) is 0 Å². The summed E-state index contributed by atoms with van der Waals surface area (Å²) in [6.07, 6.45) is 1.79. The van der Waals surface area contributed by atoms with Gasteiger partial charge in [-0.15, -0.1) is 0 Å². The molecule has 1 amide bonds. The predicted octanol–water partition coefficient (Wildman–Crippen LogP) is 2.80. The topological polar surface area (TPSA) is 54.5 Å². The molecular formula is C17H22FN3O2S. The number of amides is 1. The van der Waals surface area contributed by atoms with Crippen LogP contribution in [-0.4, -0.2) is 43.7 Å². The number of halogens is 1. The first kappa shape index (κ1) is 17.1. The molecule has 24 heavy (non-hydrogen) atoms. The number of aromatic nitrogens is 1. The quantitative estimate of drug-likeness (QED) is 0.900. The number of rotatable bonds is 5. The van der Waals surface area contributed by atoms with Crippen LogP contribution in [0.25, 0.3) is 10.2 Å². The van der Waals surface area contributed by atoms with Crippen LogP contribution < -0.4 is 10.2 Å². The smallest absolute Gasteiger partial charge is 0.225 e. The molecule has 1 aliphatic rings. The average molecular weight is 351 g/mol. The van der Waals surface area contributed by atoms with Crippen LogP contribution in [0, 0.1) is 11.7 Å². The van der Waals surface area contributed by atoms with Crippen molar-refractivity contribution >= 4 is 32.6 Å². The minimum atomic E-state index is -0.297. The van der Waals surface area contributed by atoms with Crippen LogP contribution in [0.2, 0.25) is 0 Å². The van der Waals surface area contributed by atoms with Crippen molar-refractivity contribution < 1.29 is 13.9 Å². The number of ether oxygens (including phenoxy) is 1. The van der Waals surface area contributed by atoms with Gasteiger partial charge in [-0.3, -0.25) is 4.79 Å². The van der Waals surface area contributed by atoms with E-state index in [1.165, 1.54) is 17.4 Å². The lowest BCUT2D eigenvalue weighted by atomic mass is 9.97. The number of nitrogens with one attached hydrogen (secondary N) is 1. The van der Waals surface area contributed by atoms with Gasteiger partial charge < -0.3 is 15.0 Å². The van der Waals surface area contributed by atoms with Gasteiger partial charge in [-0.2, -0.15) is 0 Å². The number of thiazole rings is 1. The minimum absolute atomic E-state index is 0.00516. The number of para-hydroxylation sites is 1. The second-order valence-electron chi connectivity index (χ2n) is 6.23. The molecule has 0 saturated carbocycles. The zero-order chi connectivity index (χ0) is 17.1. The van der Waals surface area contributed by atoms with E-state index in [2.05, 4.69) is 15.2 Å². The molecule has 5 nitrogen and oxygen atoms in total. The van der Waals surface area contributed by atoms with Crippen LogP contribution in [0.1, 0.15) is 19.8 Å². The van der Waals surface area contributed by atoms with E-state index in [0.29, 0.717) is 18.7 Å². The van der Waals surface area contributed by atoms with Crippen molar-refractivity contribution in [3.05, 3.63) is 24.0 Å². The lowest BCUT2D eigenvalue weighted by Gasteiger charge is -2.32. The number of fused-ring (bicyclic) bond motifs is 1. The molecule has 1 fully saturated rings. The Balaban J connectivity index is 1.70. The van der Waals surface area contributed by atoms with Crippen LogP contribution in [0.5, 0.6) is 0 Å². The summed E-state index contributed by atoms with van der Waals surface area (Å²) in [6, 6.07) is 4.99. The van der Waals surface area contributed by atoms with Gasteiger partial charge in [0.1, 0.15) is 11.3 Å². The van der Waals surface area contributed by atoms with E-state index in [4.69, 9.17) is 4.74 Å². The van der Waals surface area contributed by atoms with E-state index < -0.39 is 0 Å². The Labute approximate surface area is 144 Å². The zero-order valence-electron chi connectivity index (χ0n) is 13.9. The predicted molar refractivity (Wildman–Crippen MR) is 94.0 cm³/mol. The second kappa shape index (κ2) is 7.44. The Hall–Kier alpha value is -1.73. The van der Waals surface area contributed by atoms with Gasteiger partial charge in [0, 0.05) is 26.2 Å². The van der Waals surface area contributed by atoms with E-state index >= 15 is 0 Å². The first-order chi connectivity index (χ1) is 11.6. The lowest BCUT2D eigenvalue weighted by molar-refractivity contribution is -0.126. The third-order valence-electron chi connectivity index (χ3n) is 4.23. The maximum Gasteiger partial charge on any atom is 0.225 e. The number of hydrogen-bond donors (Lipinski definition) is 1. The molecule has 1 saturated heterocycles. The van der Waals surface area contributed by atoms with Crippen molar-refractivity contribution in [3.8, 4) is 0 Å². The fraction of sp³-hybridized carbons (Fsp3) is 0.529. The Morgan fingerprint density at radius 3 is 3.17 bits per heavy atom. The summed E-state index contributed by atoms with van der Waals surface area (Å²) in [5.41, 5.74) is 0.415. The van der Waals surface area contributed by atoms with Gasteiger partial charge in [0.05, 0.1) is 17.2 Å². The van der Waals surface area contributed by atoms with Gasteiger partial charge in [-0.25, -0.2) is 9.37 Å². The number of carbonyl (C=O) groups excluding carboxylic acids is 1. The molecule has 7 heteroatoms. The highest BCUT2D eigenvalue weighted by Gasteiger charge is 2.28. The van der Waals surface area contributed by atoms with Crippen molar-refractivity contribution in [2.45, 2.75) is 25.8 Å². The largest absolute Gasteiger partial charge is 0.383 e. The van der Waals surface area contributed by atoms with E-state index in [0.717, 1.165) is 29.2 Å². The van der Waals surface area contributed by atoms with Crippen LogP contribution in [-0.2, 0) is 9.53 Å². The number of anilines is 1. The maximum absolute atomic E-state index is 13.8. The molecule has 2 unspecified atom stereocenters. The summed E-state index contributed by atoms with van der Waals surface area (Å²) in [7, 11) is 1.62. The van der Waals surface area contributed by atoms with Crippen LogP contribution in [0.4, 0.5) is 9.52 Å². The molecule has 1 N–H and O–H groups in total. The van der Waals surface area contributed by atoms with Gasteiger partial charge in [0.25, 0.3) is 0 Å². The van der Waals surface area contributed by atoms with E-state index in [-0.39, 0.29) is 23.7 Å². The number of nitrogens with zero attached hydrogens (tertiary/aromatic N) is 2. The second-order valence-corrected chi connectivity index (χ2v) is 7.24. The SMILES string of the molecule is COCC(C)NC(=O)C1CCCN(c2nc3c(F)cccc3s2)C1. The minimum Gasteiger partial charge on any atom is -0.383 e. The van der Waals surface area contributed by atoms with Crippen molar-refractivity contribution in [2.24, 2.45) is 5.92 Å². The Kier molecular flexibility index (Phi) is 5.30. The summed E-state index contributed by atoms with van der Waals surface area (Å²) in [4.78, 5) is 19.0. The summed E-state index contributed by atoms with van der Waals surface area (Å²) in [5.74, 6) is -0.318. The Morgan fingerprint density at radius 2 is 2.42 bits per heavy atom. The summed E-state index contributed by atoms with van der Waals surface area (Å²) in [5, 5.41) is 3.78. The number of carbonyl (C=O) groups is 1. The highest BCUT2D eigenvalue weighted by Crippen LogP contribution is 2.32. The molecule has 2 aromatic rings. The number of methoxy groups -OCH3 is 1. The van der Waals surface area contributed by atoms with Crippen molar-refractivity contribution in [2.75, 3.05) is 31.7 Å². The molecular weight excluding hydrogens is 329 g/mol. The fourth-order valence-corrected chi connectivity index (χ4v) is 4.07. The van der Waals surface area contributed by atoms with Gasteiger partial charge in [-0.05, 0) is 31.9 Å². The molecule has 0 spiro atoms. The molecule has 2 heterocycles. The van der Waals surface area contributed by atoms with Gasteiger partial charge in [-0.1, -0.05) is 17.4 Å². The third kappa shape index (κ3) is 3.67. The molecule has 0 aliphatic carbocycles. The van der Waals surface area contributed by atoms with E-state index in [1.807, 2.05) is 13.0 Å². The summed E-state index contributed by atoms with van der Waals surface area (Å²) < 4.78 is 19.7. The number of benzene rings is 1. The van der Waals surface area contributed by atoms with E-state index in [1.54, 1.807) is 13.2 Å². The third-order valence-corrected chi connectivity index (χ3v) is 5.31. The highest BCUT2D eigenvalue weighted by atomic mass is 32.1. The monoisotopic (exact) mass is 351 g/mol. The van der Waals surface area contributed by atoms with Crippen molar-refractivity contribution in [3.63, 3.8) is 0 Å². The standard InChI is InChI=1S/C17H22FN3O2S/c1-11(10-23-2)19-16(22)12-5-4-8-21(9-12)17-20-15-13(18)6-3-7-14(15)24-17/h3,6-7,11-12H,4-5,8-10H2,1-2H3,(H,19,22). The van der Waals surface area contributed by atoms with Gasteiger partial charge >= 0.3 is 0 Å². The molecule has 2 atom stereocenters. The molecule has 1 aromatic heterocycles. The van der Waals surface area contributed by atoms with Gasteiger partial charge in [0.15, 0.2) is 5.13 Å². The summed E-state index contributed by atoms with van der Waals surface area (Å²) in [6.45, 7) is 3.89. The molecule has 1 aromatic carbocycles. The highest BCUT2D eigenvalue weighted by molar-refractivity contribution is 7.22. The molecule has 130 valence electrons. The van der Waals surface area contributed by atoms with Crippen molar-refractivity contribution in [1.82, 2.24) is 10.3 Å². The fourth-order valence-electron chi connectivity index (χ4n) is 3.06. The van der Waals surface area contributed by atoms with Gasteiger partial charge in [0.2, 0.25) is 5.91 Å². The van der Waals surface area contributed by atoms with Crippen LogP contribution in [0.15, 0.2) is 18.2 Å². The van der Waals surface area contributed by atoms with Crippen molar-refractivity contribution in [1.29, 1.82) is 0 Å². The molecule has 1 aliphatic heterocycles. The Morgan fingerprint density at radius 1 is 1.58 bits per heavy atom. The van der Waals surface area contributed by atoms with E-state index in [9.17, 15) is 9.18 Å². The zero-order valence-corrected chi connectivity index (χ0v) is 14.7. The summed E-state index contributed by atoms with van der Waals surface area (Å²) >= 11 is 1.48. The first-order valence-corrected chi connectivity index (χ1v) is 8.99. The number of hydrogen-bond acceptors (Lipinski definition) is 5. The Bertz CT molecular complexity index is 721.